The summed E-state index contributed by atoms with van der Waals surface area (Å²) in [5, 5.41) is 5.01. The summed E-state index contributed by atoms with van der Waals surface area (Å²) >= 11 is 5.84. The lowest BCUT2D eigenvalue weighted by Gasteiger charge is -2.01. The minimum absolute atomic E-state index is 0.428. The molecule has 20 heavy (non-hydrogen) atoms. The van der Waals surface area contributed by atoms with Crippen molar-refractivity contribution in [3.63, 3.8) is 0 Å². The van der Waals surface area contributed by atoms with E-state index >= 15 is 0 Å². The Balaban J connectivity index is 2.05. The maximum atomic E-state index is 13.2. The highest BCUT2D eigenvalue weighted by molar-refractivity contribution is 6.30. The molecular weight excluding hydrogens is 279 g/mol. The molecule has 0 fully saturated rings. The number of nitrogen functional groups attached to an aromatic ring is 1. The molecule has 0 aliphatic rings. The number of pyridine rings is 1. The van der Waals surface area contributed by atoms with Gasteiger partial charge in [0.15, 0.2) is 0 Å². The van der Waals surface area contributed by atoms with Gasteiger partial charge in [0.25, 0.3) is 0 Å². The number of nitrogens with two attached hydrogens (primary N) is 1. The number of benzene rings is 1. The monoisotopic (exact) mass is 288 g/mol. The molecule has 2 aromatic heterocycles. The Morgan fingerprint density at radius 2 is 1.90 bits per heavy atom. The van der Waals surface area contributed by atoms with Crippen LogP contribution in [0.15, 0.2) is 48.9 Å². The highest BCUT2D eigenvalue weighted by Crippen LogP contribution is 2.25. The zero-order valence-electron chi connectivity index (χ0n) is 10.3. The molecule has 3 aromatic rings. The Morgan fingerprint density at radius 1 is 1.15 bits per heavy atom. The fraction of sp³-hybridized carbons (Fsp3) is 0. The minimum Gasteiger partial charge on any atom is -0.396 e. The molecule has 1 aromatic carbocycles. The number of anilines is 1. The number of halogens is 2. The van der Waals surface area contributed by atoms with Gasteiger partial charge < -0.3 is 5.73 Å². The SMILES string of the molecule is Nc1cn(-c2ccc(Cl)cc2)nc1-c1cncc(F)c1. The molecular formula is C14H10ClFN4. The lowest BCUT2D eigenvalue weighted by atomic mass is 10.2. The second kappa shape index (κ2) is 4.94. The van der Waals surface area contributed by atoms with E-state index in [1.54, 1.807) is 23.0 Å². The molecule has 0 saturated carbocycles. The minimum atomic E-state index is -0.428. The molecule has 0 saturated heterocycles. The molecule has 3 rings (SSSR count). The van der Waals surface area contributed by atoms with Crippen molar-refractivity contribution in [3.8, 4) is 16.9 Å². The van der Waals surface area contributed by atoms with Crippen molar-refractivity contribution >= 4 is 17.3 Å². The molecule has 0 radical (unpaired) electrons. The van der Waals surface area contributed by atoms with Crippen LogP contribution in [-0.4, -0.2) is 14.8 Å². The van der Waals surface area contributed by atoms with E-state index in [2.05, 4.69) is 10.1 Å². The molecule has 2 N–H and O–H groups in total. The fourth-order valence-electron chi connectivity index (χ4n) is 1.88. The van der Waals surface area contributed by atoms with Crippen molar-refractivity contribution in [1.82, 2.24) is 14.8 Å². The van der Waals surface area contributed by atoms with Crippen LogP contribution in [0.4, 0.5) is 10.1 Å². The van der Waals surface area contributed by atoms with E-state index in [-0.39, 0.29) is 0 Å². The molecule has 0 spiro atoms. The average molecular weight is 289 g/mol. The lowest BCUT2D eigenvalue weighted by molar-refractivity contribution is 0.622. The van der Waals surface area contributed by atoms with Crippen LogP contribution in [0.2, 0.25) is 5.02 Å². The Labute approximate surface area is 119 Å². The third kappa shape index (κ3) is 2.35. The predicted octanol–water partition coefficient (Wildman–Crippen LogP) is 3.31. The molecule has 0 atom stereocenters. The first kappa shape index (κ1) is 12.6. The van der Waals surface area contributed by atoms with E-state index in [1.807, 2.05) is 12.1 Å². The summed E-state index contributed by atoms with van der Waals surface area (Å²) in [6, 6.07) is 8.51. The Bertz CT molecular complexity index is 752. The first-order chi connectivity index (χ1) is 9.63. The molecule has 0 bridgehead atoms. The van der Waals surface area contributed by atoms with Crippen LogP contribution in [-0.2, 0) is 0 Å². The molecule has 100 valence electrons. The molecule has 4 nitrogen and oxygen atoms in total. The molecule has 0 unspecified atom stereocenters. The largest absolute Gasteiger partial charge is 0.396 e. The van der Waals surface area contributed by atoms with Crippen LogP contribution < -0.4 is 5.73 Å². The number of hydrogen-bond acceptors (Lipinski definition) is 3. The summed E-state index contributed by atoms with van der Waals surface area (Å²) in [6.45, 7) is 0. The van der Waals surface area contributed by atoms with Crippen molar-refractivity contribution < 1.29 is 4.39 Å². The van der Waals surface area contributed by atoms with E-state index in [4.69, 9.17) is 17.3 Å². The quantitative estimate of drug-likeness (QED) is 0.787. The summed E-state index contributed by atoms with van der Waals surface area (Å²) in [6.07, 6.45) is 4.33. The Morgan fingerprint density at radius 3 is 2.60 bits per heavy atom. The summed E-state index contributed by atoms with van der Waals surface area (Å²) in [5.41, 5.74) is 8.23. The zero-order valence-corrected chi connectivity index (χ0v) is 11.0. The number of nitrogens with zero attached hydrogens (tertiary/aromatic N) is 3. The summed E-state index contributed by atoms with van der Waals surface area (Å²) in [5.74, 6) is -0.428. The maximum absolute atomic E-state index is 13.2. The topological polar surface area (TPSA) is 56.7 Å². The third-order valence-electron chi connectivity index (χ3n) is 2.81. The molecule has 0 amide bonds. The van der Waals surface area contributed by atoms with E-state index in [0.717, 1.165) is 11.9 Å². The number of aromatic nitrogens is 3. The van der Waals surface area contributed by atoms with Gasteiger partial charge in [0, 0.05) is 16.8 Å². The second-order valence-electron chi connectivity index (χ2n) is 4.25. The highest BCUT2D eigenvalue weighted by atomic mass is 35.5. The zero-order chi connectivity index (χ0) is 14.1. The third-order valence-corrected chi connectivity index (χ3v) is 3.06. The summed E-state index contributed by atoms with van der Waals surface area (Å²) in [4.78, 5) is 3.80. The summed E-state index contributed by atoms with van der Waals surface area (Å²) < 4.78 is 14.8. The van der Waals surface area contributed by atoms with Gasteiger partial charge in [-0.1, -0.05) is 11.6 Å². The van der Waals surface area contributed by atoms with Gasteiger partial charge in [0.2, 0.25) is 0 Å². The summed E-state index contributed by atoms with van der Waals surface area (Å²) in [7, 11) is 0. The lowest BCUT2D eigenvalue weighted by Crippen LogP contribution is -1.94. The van der Waals surface area contributed by atoms with Crippen molar-refractivity contribution in [2.24, 2.45) is 0 Å². The molecule has 6 heteroatoms. The fourth-order valence-corrected chi connectivity index (χ4v) is 2.01. The molecule has 0 aliphatic carbocycles. The van der Waals surface area contributed by atoms with Crippen molar-refractivity contribution in [1.29, 1.82) is 0 Å². The Kier molecular flexibility index (Phi) is 3.12. The van der Waals surface area contributed by atoms with E-state index < -0.39 is 5.82 Å². The normalized spacial score (nSPS) is 10.7. The van der Waals surface area contributed by atoms with E-state index in [0.29, 0.717) is 22.0 Å². The van der Waals surface area contributed by atoms with Gasteiger partial charge in [-0.25, -0.2) is 9.07 Å². The van der Waals surface area contributed by atoms with Gasteiger partial charge in [-0.15, -0.1) is 0 Å². The van der Waals surface area contributed by atoms with Crippen molar-refractivity contribution in [2.45, 2.75) is 0 Å². The van der Waals surface area contributed by atoms with Crippen molar-refractivity contribution in [3.05, 3.63) is 59.8 Å². The second-order valence-corrected chi connectivity index (χ2v) is 4.68. The van der Waals surface area contributed by atoms with E-state index in [9.17, 15) is 4.39 Å². The molecule has 2 heterocycles. The Hall–Kier alpha value is -2.40. The van der Waals surface area contributed by atoms with Crippen LogP contribution in [0.3, 0.4) is 0 Å². The average Bonchev–Trinajstić information content (AvgIpc) is 2.82. The first-order valence-electron chi connectivity index (χ1n) is 5.85. The molecule has 0 aliphatic heterocycles. The van der Waals surface area contributed by atoms with E-state index in [1.165, 1.54) is 12.3 Å². The van der Waals surface area contributed by atoms with Crippen LogP contribution >= 0.6 is 11.6 Å². The number of hydrogen-bond donors (Lipinski definition) is 1. The van der Waals surface area contributed by atoms with Gasteiger partial charge in [-0.05, 0) is 30.3 Å². The standard InChI is InChI=1S/C14H10ClFN4/c15-10-1-3-12(4-2-10)20-8-13(17)14(19-20)9-5-11(16)7-18-6-9/h1-8H,17H2. The van der Waals surface area contributed by atoms with Crippen LogP contribution in [0.5, 0.6) is 0 Å². The number of rotatable bonds is 2. The highest BCUT2D eigenvalue weighted by Gasteiger charge is 2.10. The first-order valence-corrected chi connectivity index (χ1v) is 6.23. The van der Waals surface area contributed by atoms with Crippen LogP contribution in [0.25, 0.3) is 16.9 Å². The van der Waals surface area contributed by atoms with Gasteiger partial charge in [-0.3, -0.25) is 4.98 Å². The van der Waals surface area contributed by atoms with Gasteiger partial charge in [0.1, 0.15) is 11.5 Å². The smallest absolute Gasteiger partial charge is 0.142 e. The van der Waals surface area contributed by atoms with Gasteiger partial charge in [-0.2, -0.15) is 5.10 Å². The maximum Gasteiger partial charge on any atom is 0.142 e. The van der Waals surface area contributed by atoms with Crippen molar-refractivity contribution in [2.75, 3.05) is 5.73 Å². The predicted molar refractivity (Wildman–Crippen MR) is 76.2 cm³/mol. The van der Waals surface area contributed by atoms with Gasteiger partial charge in [0.05, 0.1) is 23.8 Å². The van der Waals surface area contributed by atoms with Crippen LogP contribution in [0.1, 0.15) is 0 Å². The van der Waals surface area contributed by atoms with Gasteiger partial charge >= 0.3 is 0 Å². The van der Waals surface area contributed by atoms with Crippen LogP contribution in [0, 0.1) is 5.82 Å².